The predicted octanol–water partition coefficient (Wildman–Crippen LogP) is 3.15. The molecule has 2 bridgehead atoms. The van der Waals surface area contributed by atoms with Crippen LogP contribution in [0.3, 0.4) is 0 Å². The summed E-state index contributed by atoms with van der Waals surface area (Å²) in [6, 6.07) is 0. The first-order chi connectivity index (χ1) is 6.95. The van der Waals surface area contributed by atoms with Gasteiger partial charge in [-0.1, -0.05) is 0 Å². The molecule has 0 amide bonds. The molecule has 0 aromatic heterocycles. The van der Waals surface area contributed by atoms with Crippen molar-refractivity contribution in [1.29, 1.82) is 0 Å². The Bertz CT molecular complexity index is 114. The fraction of sp³-hybridized carbons (Fsp3) is 1.00. The summed E-state index contributed by atoms with van der Waals surface area (Å²) in [5.41, 5.74) is 0. The van der Waals surface area contributed by atoms with Gasteiger partial charge < -0.3 is 0 Å². The van der Waals surface area contributed by atoms with Crippen molar-refractivity contribution in [2.75, 3.05) is 19.6 Å². The molecule has 2 heteroatoms. The van der Waals surface area contributed by atoms with E-state index in [1.807, 2.05) is 0 Å². The van der Waals surface area contributed by atoms with E-state index >= 15 is 0 Å². The van der Waals surface area contributed by atoms with Crippen molar-refractivity contribution in [2.45, 2.75) is 53.5 Å². The van der Waals surface area contributed by atoms with E-state index < -0.39 is 16.2 Å². The van der Waals surface area contributed by atoms with E-state index in [9.17, 15) is 0 Å². The van der Waals surface area contributed by atoms with Crippen LogP contribution in [0.2, 0.25) is 14.9 Å². The van der Waals surface area contributed by atoms with E-state index in [2.05, 4.69) is 4.90 Å². The summed E-state index contributed by atoms with van der Waals surface area (Å²) < 4.78 is 0. The molecule has 0 atom stereocenters. The third kappa shape index (κ3) is 3.63. The van der Waals surface area contributed by atoms with E-state index in [0.29, 0.717) is 0 Å². The van der Waals surface area contributed by atoms with Gasteiger partial charge >= 0.3 is 94.2 Å². The van der Waals surface area contributed by atoms with Crippen molar-refractivity contribution in [1.82, 2.24) is 4.90 Å². The molecule has 3 fully saturated rings. The zero-order valence-corrected chi connectivity index (χ0v) is 11.9. The quantitative estimate of drug-likeness (QED) is 0.598. The van der Waals surface area contributed by atoms with Crippen molar-refractivity contribution in [3.05, 3.63) is 0 Å². The topological polar surface area (TPSA) is 3.24 Å². The number of hydrogen-bond donors (Lipinski definition) is 0. The molecule has 0 aromatic rings. The second-order valence-electron chi connectivity index (χ2n) is 5.20. The molecule has 0 spiro atoms. The van der Waals surface area contributed by atoms with Crippen LogP contribution < -0.4 is 0 Å². The molecule has 1 nitrogen and oxygen atoms in total. The zero-order chi connectivity index (χ0) is 9.64. The van der Waals surface area contributed by atoms with E-state index in [0.717, 1.165) is 0 Å². The second kappa shape index (κ2) is 6.24. The van der Waals surface area contributed by atoms with Gasteiger partial charge in [-0.25, -0.2) is 0 Å². The van der Waals surface area contributed by atoms with Gasteiger partial charge in [-0.05, 0) is 0 Å². The first-order valence-corrected chi connectivity index (χ1v) is 11.8. The molecule has 0 saturated carbocycles. The van der Waals surface area contributed by atoms with E-state index in [1.165, 1.54) is 38.9 Å². The minimum absolute atomic E-state index is 0.731. The molecule has 0 N–H and O–H groups in total. The predicted molar refractivity (Wildman–Crippen MR) is 64.3 cm³/mol. The van der Waals surface area contributed by atoms with Crippen molar-refractivity contribution in [3.63, 3.8) is 0 Å². The van der Waals surface area contributed by atoms with E-state index in [4.69, 9.17) is 0 Å². The van der Waals surface area contributed by atoms with Crippen LogP contribution in [0.15, 0.2) is 0 Å². The number of hydrogen-bond acceptors (Lipinski definition) is 1. The Morgan fingerprint density at radius 1 is 0.571 bits per heavy atom. The Balaban J connectivity index is 1.93. The summed E-state index contributed by atoms with van der Waals surface area (Å²) >= 11 is -0.731. The molecule has 3 aliphatic rings. The van der Waals surface area contributed by atoms with Crippen LogP contribution in [-0.2, 0) is 0 Å². The number of rotatable bonds is 0. The van der Waals surface area contributed by atoms with Crippen LogP contribution in [0, 0.1) is 0 Å². The van der Waals surface area contributed by atoms with Gasteiger partial charge in [0.25, 0.3) is 0 Å². The molecule has 0 aromatic carbocycles. The van der Waals surface area contributed by atoms with Gasteiger partial charge in [0.2, 0.25) is 0 Å². The second-order valence-corrected chi connectivity index (χ2v) is 12.5. The Kier molecular flexibility index (Phi) is 4.94. The Morgan fingerprint density at radius 2 is 1.00 bits per heavy atom. The molecular weight excluding hydrogens is 228 g/mol. The average molecular weight is 252 g/mol. The Labute approximate surface area is 94.3 Å². The summed E-state index contributed by atoms with van der Waals surface area (Å²) in [4.78, 5) is 7.86. The summed E-state index contributed by atoms with van der Waals surface area (Å²) in [6.07, 6.45) is 9.22. The fourth-order valence-corrected chi connectivity index (χ4v) is 10.3. The van der Waals surface area contributed by atoms with Crippen LogP contribution in [0.1, 0.15) is 38.5 Å². The van der Waals surface area contributed by atoms with Crippen LogP contribution in [0.5, 0.6) is 0 Å². The van der Waals surface area contributed by atoms with Gasteiger partial charge in [-0.2, -0.15) is 0 Å². The number of fused-ring (bicyclic) bond motifs is 9. The summed E-state index contributed by atoms with van der Waals surface area (Å²) in [6.45, 7) is 4.23. The van der Waals surface area contributed by atoms with E-state index in [-0.39, 0.29) is 0 Å². The normalized spacial score (nSPS) is 27.0. The van der Waals surface area contributed by atoms with Crippen LogP contribution in [-0.4, -0.2) is 40.8 Å². The molecule has 80 valence electrons. The average Bonchev–Trinajstić information content (AvgIpc) is 2.25. The summed E-state index contributed by atoms with van der Waals surface area (Å²) in [5.74, 6) is 0. The van der Waals surface area contributed by atoms with Gasteiger partial charge in [0, 0.05) is 0 Å². The Hall–Kier alpha value is 0.596. The maximum absolute atomic E-state index is 2.73. The van der Waals surface area contributed by atoms with Crippen LogP contribution in [0.25, 0.3) is 0 Å². The van der Waals surface area contributed by atoms with E-state index in [1.54, 1.807) is 34.2 Å². The molecule has 0 radical (unpaired) electrons. The Morgan fingerprint density at radius 3 is 1.43 bits per heavy atom. The van der Waals surface area contributed by atoms with Gasteiger partial charge in [-0.3, -0.25) is 0 Å². The minimum atomic E-state index is -0.731. The molecule has 0 unspecified atom stereocenters. The van der Waals surface area contributed by atoms with Gasteiger partial charge in [0.1, 0.15) is 0 Å². The zero-order valence-electron chi connectivity index (χ0n) is 9.51. The molecule has 3 heterocycles. The first kappa shape index (κ1) is 11.1. The number of nitrogens with zero attached hydrogens (tertiary/aromatic N) is 1. The standard InChI is InChI=1S/C12H24N.Ga/c1-4-7-10-13(11-8-5-2)12-9-6-3;/h1-12H2;. The fourth-order valence-electron chi connectivity index (χ4n) is 3.07. The SMILES string of the molecule is C1C[CH2][Ga]2[CH2]CCCN(C1)CCC[CH2]2. The third-order valence-electron chi connectivity index (χ3n) is 4.01. The molecule has 0 aliphatic carbocycles. The molecule has 14 heavy (non-hydrogen) atoms. The maximum atomic E-state index is 2.73. The van der Waals surface area contributed by atoms with Crippen molar-refractivity contribution < 1.29 is 0 Å². The van der Waals surface area contributed by atoms with Gasteiger partial charge in [-0.15, -0.1) is 0 Å². The third-order valence-corrected chi connectivity index (χ3v) is 11.7. The first-order valence-electron chi connectivity index (χ1n) is 6.67. The monoisotopic (exact) mass is 251 g/mol. The molecule has 3 rings (SSSR count). The molecular formula is C12H24GaN. The van der Waals surface area contributed by atoms with Gasteiger partial charge in [0.15, 0.2) is 0 Å². The van der Waals surface area contributed by atoms with Crippen molar-refractivity contribution in [2.24, 2.45) is 0 Å². The van der Waals surface area contributed by atoms with Crippen LogP contribution in [0.4, 0.5) is 0 Å². The van der Waals surface area contributed by atoms with Crippen molar-refractivity contribution in [3.8, 4) is 0 Å². The van der Waals surface area contributed by atoms with Gasteiger partial charge in [0.05, 0.1) is 0 Å². The molecule has 3 saturated heterocycles. The summed E-state index contributed by atoms with van der Waals surface area (Å²) in [7, 11) is 0. The molecule has 3 aliphatic heterocycles. The summed E-state index contributed by atoms with van der Waals surface area (Å²) in [5, 5.41) is 0. The van der Waals surface area contributed by atoms with Crippen molar-refractivity contribution >= 4 is 16.2 Å². The van der Waals surface area contributed by atoms with Crippen LogP contribution >= 0.6 is 0 Å².